The Hall–Kier alpha value is -3.32. The maximum Gasteiger partial charge on any atom is 0.224 e. The molecular formula is C22H22ClN5O2. The Balaban J connectivity index is 1.71. The quantitative estimate of drug-likeness (QED) is 0.446. The summed E-state index contributed by atoms with van der Waals surface area (Å²) in [5, 5.41) is 8.68. The number of halogens is 1. The highest BCUT2D eigenvalue weighted by molar-refractivity contribution is 6.28. The number of ether oxygens (including phenoxy) is 2. The Morgan fingerprint density at radius 3 is 2.50 bits per heavy atom. The van der Waals surface area contributed by atoms with Crippen LogP contribution in [0.4, 0.5) is 5.82 Å². The molecule has 0 saturated carbocycles. The molecule has 0 spiro atoms. The summed E-state index contributed by atoms with van der Waals surface area (Å²) in [5.74, 6) is 1.82. The van der Waals surface area contributed by atoms with Crippen molar-refractivity contribution in [3.63, 3.8) is 0 Å². The van der Waals surface area contributed by atoms with Crippen molar-refractivity contribution in [2.75, 3.05) is 19.5 Å². The fourth-order valence-corrected chi connectivity index (χ4v) is 3.63. The monoisotopic (exact) mass is 423 g/mol. The smallest absolute Gasteiger partial charge is 0.224 e. The molecule has 4 rings (SSSR count). The van der Waals surface area contributed by atoms with Crippen LogP contribution >= 0.6 is 11.6 Å². The zero-order chi connectivity index (χ0) is 21.3. The van der Waals surface area contributed by atoms with E-state index in [1.54, 1.807) is 26.5 Å². The van der Waals surface area contributed by atoms with Crippen LogP contribution in [0, 0.1) is 0 Å². The molecule has 0 bridgehead atoms. The third-order valence-corrected chi connectivity index (χ3v) is 5.20. The summed E-state index contributed by atoms with van der Waals surface area (Å²) in [6.45, 7) is 2.07. The minimum Gasteiger partial charge on any atom is -0.493 e. The molecule has 2 aromatic heterocycles. The summed E-state index contributed by atoms with van der Waals surface area (Å²) in [6.07, 6.45) is 1.79. The standard InChI is InChI=1S/C22H22ClN5O2/c1-13(14-6-5-7-15(10-14)18-8-9-24-28(18)2)25-21-16-11-19(29-3)20(30-4)12-17(16)26-22(23)27-21/h5-13H,1-4H3,(H,25,26,27). The number of nitrogens with one attached hydrogen (secondary N) is 1. The molecule has 4 aromatic rings. The van der Waals surface area contributed by atoms with Crippen molar-refractivity contribution in [1.82, 2.24) is 19.7 Å². The summed E-state index contributed by atoms with van der Waals surface area (Å²) >= 11 is 6.19. The van der Waals surface area contributed by atoms with Gasteiger partial charge in [0.2, 0.25) is 5.28 Å². The first-order valence-electron chi connectivity index (χ1n) is 9.44. The molecule has 0 amide bonds. The van der Waals surface area contributed by atoms with Gasteiger partial charge in [0, 0.05) is 36.3 Å². The fourth-order valence-electron chi connectivity index (χ4n) is 3.45. The summed E-state index contributed by atoms with van der Waals surface area (Å²) < 4.78 is 12.7. The van der Waals surface area contributed by atoms with Crippen LogP contribution in [-0.2, 0) is 7.05 Å². The van der Waals surface area contributed by atoms with Crippen LogP contribution in [0.15, 0.2) is 48.7 Å². The van der Waals surface area contributed by atoms with E-state index < -0.39 is 0 Å². The van der Waals surface area contributed by atoms with Gasteiger partial charge < -0.3 is 14.8 Å². The third-order valence-electron chi connectivity index (χ3n) is 5.03. The van der Waals surface area contributed by atoms with E-state index in [4.69, 9.17) is 21.1 Å². The molecule has 0 fully saturated rings. The van der Waals surface area contributed by atoms with E-state index in [9.17, 15) is 0 Å². The fraction of sp³-hybridized carbons (Fsp3) is 0.227. The van der Waals surface area contributed by atoms with Crippen LogP contribution in [0.25, 0.3) is 22.2 Å². The molecule has 7 nitrogen and oxygen atoms in total. The Morgan fingerprint density at radius 1 is 1.03 bits per heavy atom. The number of fused-ring (bicyclic) bond motifs is 1. The minimum absolute atomic E-state index is 0.0274. The molecular weight excluding hydrogens is 402 g/mol. The van der Waals surface area contributed by atoms with Crippen molar-refractivity contribution in [1.29, 1.82) is 0 Å². The van der Waals surface area contributed by atoms with Gasteiger partial charge in [0.25, 0.3) is 0 Å². The predicted octanol–water partition coefficient (Wildman–Crippen LogP) is 4.87. The first kappa shape index (κ1) is 20.0. The van der Waals surface area contributed by atoms with Crippen LogP contribution in [-0.4, -0.2) is 34.0 Å². The molecule has 8 heteroatoms. The van der Waals surface area contributed by atoms with Crippen LogP contribution in [0.1, 0.15) is 18.5 Å². The molecule has 30 heavy (non-hydrogen) atoms. The van der Waals surface area contributed by atoms with Gasteiger partial charge in [-0.1, -0.05) is 18.2 Å². The second-order valence-corrected chi connectivity index (χ2v) is 7.24. The lowest BCUT2D eigenvalue weighted by Crippen LogP contribution is -2.09. The molecule has 0 saturated heterocycles. The SMILES string of the molecule is COc1cc2nc(Cl)nc(NC(C)c3cccc(-c4ccnn4C)c3)c2cc1OC. The number of aromatic nitrogens is 4. The molecule has 0 aliphatic rings. The molecule has 1 atom stereocenters. The lowest BCUT2D eigenvalue weighted by Gasteiger charge is -2.18. The number of hydrogen-bond donors (Lipinski definition) is 1. The minimum atomic E-state index is -0.0274. The van der Waals surface area contributed by atoms with E-state index in [0.717, 1.165) is 22.2 Å². The van der Waals surface area contributed by atoms with Gasteiger partial charge in [-0.2, -0.15) is 5.10 Å². The molecule has 0 aliphatic carbocycles. The first-order valence-corrected chi connectivity index (χ1v) is 9.82. The van der Waals surface area contributed by atoms with Gasteiger partial charge in [-0.3, -0.25) is 4.68 Å². The topological polar surface area (TPSA) is 74.1 Å². The number of aryl methyl sites for hydroxylation is 1. The highest BCUT2D eigenvalue weighted by atomic mass is 35.5. The number of benzene rings is 2. The number of rotatable bonds is 6. The average molecular weight is 424 g/mol. The van der Waals surface area contributed by atoms with E-state index >= 15 is 0 Å². The number of nitrogens with zero attached hydrogens (tertiary/aromatic N) is 4. The number of anilines is 1. The zero-order valence-corrected chi connectivity index (χ0v) is 17.9. The van der Waals surface area contributed by atoms with Gasteiger partial charge in [-0.25, -0.2) is 9.97 Å². The second kappa shape index (κ2) is 8.20. The summed E-state index contributed by atoms with van der Waals surface area (Å²) in [7, 11) is 5.11. The Bertz CT molecular complexity index is 1210. The van der Waals surface area contributed by atoms with Gasteiger partial charge in [0.1, 0.15) is 5.82 Å². The van der Waals surface area contributed by atoms with Crippen LogP contribution in [0.5, 0.6) is 11.5 Å². The van der Waals surface area contributed by atoms with Gasteiger partial charge in [-0.15, -0.1) is 0 Å². The normalized spacial score (nSPS) is 12.0. The summed E-state index contributed by atoms with van der Waals surface area (Å²) in [5.41, 5.74) is 3.93. The number of hydrogen-bond acceptors (Lipinski definition) is 6. The Kier molecular flexibility index (Phi) is 5.46. The van der Waals surface area contributed by atoms with Crippen LogP contribution in [0.3, 0.4) is 0 Å². The van der Waals surface area contributed by atoms with Gasteiger partial charge in [-0.05, 0) is 42.3 Å². The maximum atomic E-state index is 6.19. The molecule has 1 N–H and O–H groups in total. The zero-order valence-electron chi connectivity index (χ0n) is 17.2. The predicted molar refractivity (Wildman–Crippen MR) is 118 cm³/mol. The van der Waals surface area contributed by atoms with Crippen molar-refractivity contribution in [3.8, 4) is 22.8 Å². The lowest BCUT2D eigenvalue weighted by molar-refractivity contribution is 0.356. The van der Waals surface area contributed by atoms with Crippen molar-refractivity contribution in [3.05, 3.63) is 59.5 Å². The van der Waals surface area contributed by atoms with Crippen molar-refractivity contribution in [2.24, 2.45) is 7.05 Å². The molecule has 2 heterocycles. The molecule has 154 valence electrons. The molecule has 1 unspecified atom stereocenters. The van der Waals surface area contributed by atoms with Gasteiger partial charge >= 0.3 is 0 Å². The Labute approximate surface area is 179 Å². The number of methoxy groups -OCH3 is 2. The molecule has 0 aliphatic heterocycles. The second-order valence-electron chi connectivity index (χ2n) is 6.90. The van der Waals surface area contributed by atoms with E-state index in [2.05, 4.69) is 45.5 Å². The van der Waals surface area contributed by atoms with E-state index in [1.807, 2.05) is 29.9 Å². The van der Waals surface area contributed by atoms with Crippen LogP contribution < -0.4 is 14.8 Å². The highest BCUT2D eigenvalue weighted by Crippen LogP contribution is 2.35. The van der Waals surface area contributed by atoms with Crippen LogP contribution in [0.2, 0.25) is 5.28 Å². The highest BCUT2D eigenvalue weighted by Gasteiger charge is 2.15. The van der Waals surface area contributed by atoms with Gasteiger partial charge in [0.15, 0.2) is 11.5 Å². The maximum absolute atomic E-state index is 6.19. The van der Waals surface area contributed by atoms with E-state index in [0.29, 0.717) is 22.8 Å². The van der Waals surface area contributed by atoms with E-state index in [1.165, 1.54) is 0 Å². The molecule has 2 aromatic carbocycles. The third kappa shape index (κ3) is 3.76. The Morgan fingerprint density at radius 2 is 1.80 bits per heavy atom. The van der Waals surface area contributed by atoms with Crippen molar-refractivity contribution >= 4 is 28.3 Å². The van der Waals surface area contributed by atoms with Gasteiger partial charge in [0.05, 0.1) is 25.4 Å². The first-order chi connectivity index (χ1) is 14.5. The van der Waals surface area contributed by atoms with Crippen molar-refractivity contribution < 1.29 is 9.47 Å². The van der Waals surface area contributed by atoms with E-state index in [-0.39, 0.29) is 11.3 Å². The lowest BCUT2D eigenvalue weighted by atomic mass is 10.0. The average Bonchev–Trinajstić information content (AvgIpc) is 3.18. The summed E-state index contributed by atoms with van der Waals surface area (Å²) in [6, 6.07) is 13.9. The molecule has 0 radical (unpaired) electrons. The largest absolute Gasteiger partial charge is 0.493 e. The van der Waals surface area contributed by atoms with Crippen molar-refractivity contribution in [2.45, 2.75) is 13.0 Å². The summed E-state index contributed by atoms with van der Waals surface area (Å²) in [4.78, 5) is 8.74.